The molecule has 0 saturated heterocycles. The zero-order valence-electron chi connectivity index (χ0n) is 51.6. The number of ether oxygens (including phenoxy) is 3. The van der Waals surface area contributed by atoms with Gasteiger partial charge in [0.05, 0.1) is 0 Å². The highest BCUT2D eigenvalue weighted by Crippen LogP contribution is 2.19. The summed E-state index contributed by atoms with van der Waals surface area (Å²) in [5, 5.41) is 0. The molecule has 1 atom stereocenters. The molecular formula is C70H132O6. The Kier molecular flexibility index (Phi) is 63.6. The van der Waals surface area contributed by atoms with Crippen LogP contribution in [0.3, 0.4) is 0 Å². The lowest BCUT2D eigenvalue weighted by Gasteiger charge is -2.18. The molecule has 0 aromatic rings. The van der Waals surface area contributed by atoms with Gasteiger partial charge in [-0.25, -0.2) is 0 Å². The molecule has 6 heteroatoms. The van der Waals surface area contributed by atoms with E-state index in [1.54, 1.807) is 0 Å². The highest BCUT2D eigenvalue weighted by atomic mass is 16.6. The zero-order chi connectivity index (χ0) is 55.0. The van der Waals surface area contributed by atoms with Crippen LogP contribution < -0.4 is 0 Å². The fourth-order valence-electron chi connectivity index (χ4n) is 10.5. The molecule has 0 radical (unpaired) electrons. The van der Waals surface area contributed by atoms with Crippen LogP contribution in [0.15, 0.2) is 24.3 Å². The largest absolute Gasteiger partial charge is 0.462 e. The van der Waals surface area contributed by atoms with Crippen LogP contribution in [0.2, 0.25) is 0 Å². The third kappa shape index (κ3) is 62.7. The van der Waals surface area contributed by atoms with Crippen LogP contribution in [0.4, 0.5) is 0 Å². The molecule has 448 valence electrons. The van der Waals surface area contributed by atoms with Crippen molar-refractivity contribution in [2.45, 2.75) is 393 Å². The van der Waals surface area contributed by atoms with Gasteiger partial charge in [0.2, 0.25) is 0 Å². The van der Waals surface area contributed by atoms with Gasteiger partial charge in [-0.05, 0) is 51.4 Å². The second-order valence-electron chi connectivity index (χ2n) is 23.5. The summed E-state index contributed by atoms with van der Waals surface area (Å²) >= 11 is 0. The number of esters is 3. The maximum absolute atomic E-state index is 12.8. The van der Waals surface area contributed by atoms with Crippen molar-refractivity contribution in [2.24, 2.45) is 0 Å². The van der Waals surface area contributed by atoms with Crippen molar-refractivity contribution in [3.8, 4) is 0 Å². The van der Waals surface area contributed by atoms with Crippen LogP contribution in [0.25, 0.3) is 0 Å². The first kappa shape index (κ1) is 73.9. The Hall–Kier alpha value is -2.11. The van der Waals surface area contributed by atoms with E-state index >= 15 is 0 Å². The standard InChI is InChI=1S/C70H132O6/c1-4-7-10-13-15-17-19-21-23-25-27-29-31-33-34-35-37-38-40-42-44-46-48-50-52-54-57-60-63-69(72)75-66-67(65-74-68(71)62-59-56-12-9-6-3)76-70(73)64-61-58-55-53-51-49-47-45-43-41-39-36-32-30-28-26-24-22-20-18-16-14-11-8-5-2/h20,22,26,28,67H,4-19,21,23-25,27,29-66H2,1-3H3/b22-20-,28-26-. The first-order chi connectivity index (χ1) is 37.5. The molecule has 0 rings (SSSR count). The van der Waals surface area contributed by atoms with Gasteiger partial charge >= 0.3 is 17.9 Å². The Balaban J connectivity index is 3.93. The van der Waals surface area contributed by atoms with Crippen molar-refractivity contribution in [3.63, 3.8) is 0 Å². The highest BCUT2D eigenvalue weighted by molar-refractivity contribution is 5.71. The zero-order valence-corrected chi connectivity index (χ0v) is 51.6. The van der Waals surface area contributed by atoms with Crippen molar-refractivity contribution < 1.29 is 28.6 Å². The fraction of sp³-hybridized carbons (Fsp3) is 0.900. The molecule has 0 spiro atoms. The van der Waals surface area contributed by atoms with E-state index in [9.17, 15) is 14.4 Å². The predicted molar refractivity (Wildman–Crippen MR) is 330 cm³/mol. The van der Waals surface area contributed by atoms with Crippen molar-refractivity contribution in [1.82, 2.24) is 0 Å². The minimum Gasteiger partial charge on any atom is -0.462 e. The van der Waals surface area contributed by atoms with Gasteiger partial charge in [0.15, 0.2) is 6.10 Å². The molecule has 0 bridgehead atoms. The van der Waals surface area contributed by atoms with Crippen molar-refractivity contribution >= 4 is 17.9 Å². The normalized spacial score (nSPS) is 12.1. The van der Waals surface area contributed by atoms with Gasteiger partial charge < -0.3 is 14.2 Å². The molecule has 0 aliphatic rings. The summed E-state index contributed by atoms with van der Waals surface area (Å²) in [5.41, 5.74) is 0. The maximum atomic E-state index is 12.8. The number of unbranched alkanes of at least 4 members (excludes halogenated alkanes) is 49. The van der Waals surface area contributed by atoms with E-state index in [1.165, 1.54) is 276 Å². The molecule has 0 aromatic heterocycles. The summed E-state index contributed by atoms with van der Waals surface area (Å²) in [6, 6.07) is 0. The molecule has 76 heavy (non-hydrogen) atoms. The number of hydrogen-bond acceptors (Lipinski definition) is 6. The van der Waals surface area contributed by atoms with Gasteiger partial charge in [-0.2, -0.15) is 0 Å². The lowest BCUT2D eigenvalue weighted by Crippen LogP contribution is -2.30. The van der Waals surface area contributed by atoms with Gasteiger partial charge in [0, 0.05) is 19.3 Å². The fourth-order valence-corrected chi connectivity index (χ4v) is 10.5. The minimum absolute atomic E-state index is 0.0663. The van der Waals surface area contributed by atoms with E-state index in [-0.39, 0.29) is 31.1 Å². The molecular weight excluding hydrogens is 937 g/mol. The number of carbonyl (C=O) groups is 3. The number of carbonyl (C=O) groups excluding carboxylic acids is 3. The molecule has 6 nitrogen and oxygen atoms in total. The topological polar surface area (TPSA) is 78.9 Å². The third-order valence-corrected chi connectivity index (χ3v) is 15.7. The Morgan fingerprint density at radius 3 is 0.724 bits per heavy atom. The van der Waals surface area contributed by atoms with E-state index < -0.39 is 6.10 Å². The van der Waals surface area contributed by atoms with Gasteiger partial charge in [-0.15, -0.1) is 0 Å². The Morgan fingerprint density at radius 1 is 0.263 bits per heavy atom. The molecule has 0 aliphatic carbocycles. The summed E-state index contributed by atoms with van der Waals surface area (Å²) in [7, 11) is 0. The quantitative estimate of drug-likeness (QED) is 0.0261. The number of allylic oxidation sites excluding steroid dienone is 4. The molecule has 0 amide bonds. The van der Waals surface area contributed by atoms with Gasteiger partial charge in [0.25, 0.3) is 0 Å². The molecule has 0 saturated carbocycles. The first-order valence-electron chi connectivity index (χ1n) is 34.3. The molecule has 0 aliphatic heterocycles. The average Bonchev–Trinajstić information content (AvgIpc) is 3.42. The number of rotatable bonds is 64. The Bertz CT molecular complexity index is 1230. The van der Waals surface area contributed by atoms with Crippen LogP contribution in [0.5, 0.6) is 0 Å². The van der Waals surface area contributed by atoms with Gasteiger partial charge in [-0.1, -0.05) is 340 Å². The molecule has 0 aromatic carbocycles. The molecule has 1 unspecified atom stereocenters. The second-order valence-corrected chi connectivity index (χ2v) is 23.5. The van der Waals surface area contributed by atoms with Gasteiger partial charge in [0.1, 0.15) is 13.2 Å². The highest BCUT2D eigenvalue weighted by Gasteiger charge is 2.19. The predicted octanol–water partition coefficient (Wildman–Crippen LogP) is 23.4. The number of hydrogen-bond donors (Lipinski definition) is 0. The summed E-state index contributed by atoms with van der Waals surface area (Å²) < 4.78 is 16.8. The first-order valence-corrected chi connectivity index (χ1v) is 34.3. The van der Waals surface area contributed by atoms with Crippen molar-refractivity contribution in [2.75, 3.05) is 13.2 Å². The van der Waals surface area contributed by atoms with Crippen LogP contribution >= 0.6 is 0 Å². The Morgan fingerprint density at radius 2 is 0.474 bits per heavy atom. The lowest BCUT2D eigenvalue weighted by atomic mass is 10.0. The smallest absolute Gasteiger partial charge is 0.306 e. The van der Waals surface area contributed by atoms with Crippen molar-refractivity contribution in [1.29, 1.82) is 0 Å². The lowest BCUT2D eigenvalue weighted by molar-refractivity contribution is -0.167. The van der Waals surface area contributed by atoms with E-state index in [0.717, 1.165) is 70.6 Å². The minimum atomic E-state index is -0.765. The summed E-state index contributed by atoms with van der Waals surface area (Å²) in [4.78, 5) is 38.0. The average molecular weight is 1070 g/mol. The molecule has 0 heterocycles. The molecule has 0 N–H and O–H groups in total. The van der Waals surface area contributed by atoms with E-state index in [1.807, 2.05) is 0 Å². The summed E-state index contributed by atoms with van der Waals surface area (Å²) in [6.07, 6.45) is 79.8. The second kappa shape index (κ2) is 65.4. The van der Waals surface area contributed by atoms with Gasteiger partial charge in [-0.3, -0.25) is 14.4 Å². The van der Waals surface area contributed by atoms with E-state index in [2.05, 4.69) is 45.1 Å². The van der Waals surface area contributed by atoms with E-state index in [0.29, 0.717) is 19.3 Å². The summed E-state index contributed by atoms with van der Waals surface area (Å²) in [5.74, 6) is -0.855. The van der Waals surface area contributed by atoms with Crippen molar-refractivity contribution in [3.05, 3.63) is 24.3 Å². The monoisotopic (exact) mass is 1070 g/mol. The third-order valence-electron chi connectivity index (χ3n) is 15.7. The SMILES string of the molecule is CCCCCCC/C=C\C/C=C\CCCCCCCCCCCCCCCC(=O)OC(COC(=O)CCCCCCC)COC(=O)CCCCCCCCCCCCCCCCCCCCCCCCCCCCCC. The Labute approximate surface area is 474 Å². The van der Waals surface area contributed by atoms with Crippen LogP contribution in [-0.4, -0.2) is 37.2 Å². The molecule has 0 fully saturated rings. The van der Waals surface area contributed by atoms with Crippen LogP contribution in [0.1, 0.15) is 387 Å². The summed E-state index contributed by atoms with van der Waals surface area (Å²) in [6.45, 7) is 6.62. The van der Waals surface area contributed by atoms with Crippen LogP contribution in [0, 0.1) is 0 Å². The maximum Gasteiger partial charge on any atom is 0.306 e. The van der Waals surface area contributed by atoms with E-state index in [4.69, 9.17) is 14.2 Å². The van der Waals surface area contributed by atoms with Crippen LogP contribution in [-0.2, 0) is 28.6 Å².